The quantitative estimate of drug-likeness (QED) is 0.683. The smallest absolute Gasteiger partial charge is 0.329 e. The van der Waals surface area contributed by atoms with Crippen LogP contribution in [0.1, 0.15) is 12.1 Å². The topological polar surface area (TPSA) is 82.3 Å². The molecule has 0 radical (unpaired) electrons. The summed E-state index contributed by atoms with van der Waals surface area (Å²) in [6, 6.07) is 21.0. The third-order valence-electron chi connectivity index (χ3n) is 4.68. The van der Waals surface area contributed by atoms with Gasteiger partial charge in [-0.2, -0.15) is 5.26 Å². The van der Waals surface area contributed by atoms with Crippen molar-refractivity contribution < 1.29 is 9.53 Å². The molecule has 1 atom stereocenters. The molecule has 2 amide bonds. The fourth-order valence-corrected chi connectivity index (χ4v) is 3.31. The van der Waals surface area contributed by atoms with Crippen LogP contribution >= 0.6 is 0 Å². The van der Waals surface area contributed by atoms with Crippen molar-refractivity contribution in [1.82, 2.24) is 14.9 Å². The van der Waals surface area contributed by atoms with Crippen LogP contribution in [0.3, 0.4) is 0 Å². The highest BCUT2D eigenvalue weighted by Gasteiger charge is 2.32. The average Bonchev–Trinajstić information content (AvgIpc) is 3.24. The molecule has 144 valence electrons. The third kappa shape index (κ3) is 4.01. The number of nitrogens with zero attached hydrogens (tertiary/aromatic N) is 5. The maximum Gasteiger partial charge on any atom is 0.329 e. The molecular formula is C22H19N5O2. The molecule has 0 saturated carbocycles. The number of para-hydroxylation sites is 2. The minimum atomic E-state index is -0.240. The van der Waals surface area contributed by atoms with Gasteiger partial charge in [0.05, 0.1) is 17.9 Å². The number of ether oxygens (including phenoxy) is 1. The first-order chi connectivity index (χ1) is 14.3. The molecule has 29 heavy (non-hydrogen) atoms. The van der Waals surface area contributed by atoms with Crippen molar-refractivity contribution in [2.45, 2.75) is 12.5 Å². The molecule has 1 fully saturated rings. The Morgan fingerprint density at radius 3 is 2.28 bits per heavy atom. The highest BCUT2D eigenvalue weighted by molar-refractivity contribution is 5.99. The van der Waals surface area contributed by atoms with Gasteiger partial charge >= 0.3 is 6.03 Å². The van der Waals surface area contributed by atoms with Crippen LogP contribution in [0.25, 0.3) is 0 Å². The van der Waals surface area contributed by atoms with Crippen molar-refractivity contribution in [1.29, 1.82) is 5.26 Å². The molecule has 0 aliphatic carbocycles. The van der Waals surface area contributed by atoms with E-state index in [1.165, 1.54) is 12.4 Å². The monoisotopic (exact) mass is 385 g/mol. The SMILES string of the molecule is N#Cc1nccnc1OC1CCN(C(=O)N(c2ccccc2)c2ccccc2)C1. The fraction of sp³-hybridized carbons (Fsp3) is 0.182. The van der Waals surface area contributed by atoms with Crippen LogP contribution in [0.15, 0.2) is 73.1 Å². The molecule has 3 aromatic rings. The summed E-state index contributed by atoms with van der Waals surface area (Å²) >= 11 is 0. The molecule has 1 saturated heterocycles. The number of carbonyl (C=O) groups is 1. The molecule has 1 aromatic heterocycles. The lowest BCUT2D eigenvalue weighted by Gasteiger charge is -2.28. The number of benzene rings is 2. The molecule has 2 heterocycles. The van der Waals surface area contributed by atoms with Gasteiger partial charge in [-0.1, -0.05) is 36.4 Å². The van der Waals surface area contributed by atoms with Crippen LogP contribution in [0.2, 0.25) is 0 Å². The maximum atomic E-state index is 13.4. The Kier molecular flexibility index (Phi) is 5.34. The lowest BCUT2D eigenvalue weighted by molar-refractivity contribution is 0.187. The van der Waals surface area contributed by atoms with Crippen LogP contribution in [-0.4, -0.2) is 40.1 Å². The zero-order valence-electron chi connectivity index (χ0n) is 15.7. The first kappa shape index (κ1) is 18.4. The number of urea groups is 1. The number of hydrogen-bond acceptors (Lipinski definition) is 5. The molecule has 0 bridgehead atoms. The summed E-state index contributed by atoms with van der Waals surface area (Å²) in [7, 11) is 0. The van der Waals surface area contributed by atoms with Crippen molar-refractivity contribution >= 4 is 17.4 Å². The number of carbonyl (C=O) groups excluding carboxylic acids is 1. The van der Waals surface area contributed by atoms with E-state index in [-0.39, 0.29) is 23.7 Å². The molecule has 7 nitrogen and oxygen atoms in total. The van der Waals surface area contributed by atoms with Crippen LogP contribution < -0.4 is 9.64 Å². The lowest BCUT2D eigenvalue weighted by Crippen LogP contribution is -2.40. The molecule has 1 aliphatic rings. The van der Waals surface area contributed by atoms with Gasteiger partial charge in [0.2, 0.25) is 5.69 Å². The van der Waals surface area contributed by atoms with Gasteiger partial charge in [-0.05, 0) is 24.3 Å². The van der Waals surface area contributed by atoms with Crippen LogP contribution in [0.4, 0.5) is 16.2 Å². The van der Waals surface area contributed by atoms with Crippen LogP contribution in [-0.2, 0) is 0 Å². The number of aromatic nitrogens is 2. The van der Waals surface area contributed by atoms with E-state index in [1.807, 2.05) is 66.7 Å². The second kappa shape index (κ2) is 8.40. The Bertz CT molecular complexity index is 981. The summed E-state index contributed by atoms with van der Waals surface area (Å²) in [6.45, 7) is 0.970. The molecule has 0 spiro atoms. The minimum absolute atomic E-state index is 0.117. The van der Waals surface area contributed by atoms with Gasteiger partial charge in [0.1, 0.15) is 12.2 Å². The molecule has 2 aromatic carbocycles. The molecule has 7 heteroatoms. The van der Waals surface area contributed by atoms with Gasteiger partial charge in [0.15, 0.2) is 0 Å². The standard InChI is InChI=1S/C22H19N5O2/c23-15-20-21(25-13-12-24-20)29-19-11-14-26(16-19)22(28)27(17-7-3-1-4-8-17)18-9-5-2-6-10-18/h1-10,12-13,19H,11,14,16H2. The van der Waals surface area contributed by atoms with Crippen molar-refractivity contribution in [3.8, 4) is 11.9 Å². The highest BCUT2D eigenvalue weighted by Crippen LogP contribution is 2.28. The second-order valence-corrected chi connectivity index (χ2v) is 6.59. The summed E-state index contributed by atoms with van der Waals surface area (Å²) in [6.07, 6.45) is 3.36. The average molecular weight is 385 g/mol. The van der Waals surface area contributed by atoms with Crippen LogP contribution in [0, 0.1) is 11.3 Å². The molecule has 1 unspecified atom stereocenters. The summed E-state index contributed by atoms with van der Waals surface area (Å²) in [5, 5.41) is 9.15. The second-order valence-electron chi connectivity index (χ2n) is 6.59. The van der Waals surface area contributed by atoms with Crippen LogP contribution in [0.5, 0.6) is 5.88 Å². The van der Waals surface area contributed by atoms with E-state index >= 15 is 0 Å². The van der Waals surface area contributed by atoms with Gasteiger partial charge in [-0.25, -0.2) is 14.8 Å². The lowest BCUT2D eigenvalue weighted by atomic mass is 10.2. The Hall–Kier alpha value is -3.92. The van der Waals surface area contributed by atoms with Crippen molar-refractivity contribution in [2.24, 2.45) is 0 Å². The number of anilines is 2. The zero-order chi connectivity index (χ0) is 20.1. The Balaban J connectivity index is 1.53. The third-order valence-corrected chi connectivity index (χ3v) is 4.68. The first-order valence-corrected chi connectivity index (χ1v) is 9.33. The van der Waals surface area contributed by atoms with Crippen molar-refractivity contribution in [3.63, 3.8) is 0 Å². The predicted octanol–water partition coefficient (Wildman–Crippen LogP) is 3.76. The molecule has 4 rings (SSSR count). The number of likely N-dealkylation sites (tertiary alicyclic amines) is 1. The Morgan fingerprint density at radius 1 is 1.03 bits per heavy atom. The largest absolute Gasteiger partial charge is 0.470 e. The summed E-state index contributed by atoms with van der Waals surface area (Å²) in [4.78, 5) is 24.9. The number of hydrogen-bond donors (Lipinski definition) is 0. The van der Waals surface area contributed by atoms with E-state index in [0.717, 1.165) is 11.4 Å². The molecular weight excluding hydrogens is 366 g/mol. The number of rotatable bonds is 4. The number of nitriles is 1. The van der Waals surface area contributed by atoms with E-state index in [4.69, 9.17) is 10.00 Å². The van der Waals surface area contributed by atoms with E-state index in [0.29, 0.717) is 19.5 Å². The van der Waals surface area contributed by atoms with E-state index in [1.54, 1.807) is 9.80 Å². The Labute approximate surface area is 168 Å². The predicted molar refractivity (Wildman–Crippen MR) is 108 cm³/mol. The van der Waals surface area contributed by atoms with E-state index in [9.17, 15) is 4.79 Å². The van der Waals surface area contributed by atoms with E-state index < -0.39 is 0 Å². The summed E-state index contributed by atoms with van der Waals surface area (Å²) in [5.41, 5.74) is 1.75. The van der Waals surface area contributed by atoms with Crippen molar-refractivity contribution in [2.75, 3.05) is 18.0 Å². The van der Waals surface area contributed by atoms with Gasteiger partial charge in [0, 0.05) is 25.4 Å². The molecule has 0 N–H and O–H groups in total. The fourth-order valence-electron chi connectivity index (χ4n) is 3.31. The maximum absolute atomic E-state index is 13.4. The minimum Gasteiger partial charge on any atom is -0.470 e. The first-order valence-electron chi connectivity index (χ1n) is 9.33. The van der Waals surface area contributed by atoms with Gasteiger partial charge in [-0.15, -0.1) is 0 Å². The Morgan fingerprint density at radius 2 is 1.66 bits per heavy atom. The van der Waals surface area contributed by atoms with Gasteiger partial charge in [0.25, 0.3) is 5.88 Å². The van der Waals surface area contributed by atoms with Gasteiger partial charge in [-0.3, -0.25) is 4.90 Å². The summed E-state index contributed by atoms with van der Waals surface area (Å²) in [5.74, 6) is 0.206. The van der Waals surface area contributed by atoms with Crippen molar-refractivity contribution in [3.05, 3.63) is 78.8 Å². The normalized spacial score (nSPS) is 15.6. The zero-order valence-corrected chi connectivity index (χ0v) is 15.7. The molecule has 1 aliphatic heterocycles. The highest BCUT2D eigenvalue weighted by atomic mass is 16.5. The number of amides is 2. The van der Waals surface area contributed by atoms with E-state index in [2.05, 4.69) is 9.97 Å². The van der Waals surface area contributed by atoms with Gasteiger partial charge < -0.3 is 9.64 Å². The summed E-state index contributed by atoms with van der Waals surface area (Å²) < 4.78 is 5.86.